The second-order valence-electron chi connectivity index (χ2n) is 11.3. The number of carbonyl (C=O) groups excluding carboxylic acids is 1. The number of aromatic carboxylic acids is 1. The molecular weight excluding hydrogens is 579 g/mol. The fourth-order valence-electron chi connectivity index (χ4n) is 5.68. The molecule has 1 aliphatic carbocycles. The van der Waals surface area contributed by atoms with Gasteiger partial charge in [-0.2, -0.15) is 0 Å². The molecule has 4 rings (SSSR count). The van der Waals surface area contributed by atoms with Crippen molar-refractivity contribution in [2.45, 2.75) is 64.3 Å². The zero-order valence-electron chi connectivity index (χ0n) is 25.1. The van der Waals surface area contributed by atoms with Crippen LogP contribution in [0, 0.1) is 0 Å². The normalized spacial score (nSPS) is 13.9. The molecule has 1 atom stereocenters. The highest BCUT2D eigenvalue weighted by atomic mass is 35.5. The van der Waals surface area contributed by atoms with Gasteiger partial charge in [0, 0.05) is 35.9 Å². The molecule has 1 amide bonds. The quantitative estimate of drug-likeness (QED) is 0.157. The van der Waals surface area contributed by atoms with E-state index in [0.29, 0.717) is 21.7 Å². The first-order valence-electron chi connectivity index (χ1n) is 15.0. The van der Waals surface area contributed by atoms with Crippen LogP contribution in [0.25, 0.3) is 11.1 Å². The Hall–Kier alpha value is -3.54. The van der Waals surface area contributed by atoms with Crippen molar-refractivity contribution in [1.29, 1.82) is 0 Å². The number of hydrogen-bond acceptors (Lipinski definition) is 3. The second-order valence-corrected chi connectivity index (χ2v) is 12.1. The van der Waals surface area contributed by atoms with Crippen LogP contribution in [0.5, 0.6) is 0 Å². The number of carboxylic acid groups (broad SMARTS) is 1. The van der Waals surface area contributed by atoms with E-state index in [0.717, 1.165) is 90.5 Å². The number of nitrogens with zero attached hydrogens (tertiary/aromatic N) is 1. The van der Waals surface area contributed by atoms with Gasteiger partial charge in [0.1, 0.15) is 0 Å². The van der Waals surface area contributed by atoms with E-state index in [-0.39, 0.29) is 5.91 Å². The molecule has 0 saturated heterocycles. The summed E-state index contributed by atoms with van der Waals surface area (Å²) in [5.41, 5.74) is 7.63. The number of amides is 1. The van der Waals surface area contributed by atoms with Crippen LogP contribution < -0.4 is 5.32 Å². The standard InChI is InChI=1S/C36H40Cl2N2O3/c1-4-9-28(11-6-5-7-13-34(41)40(2)3)39-29-18-14-24(15-19-29)35-30-20-16-26(36(42)43)22-25(30)10-8-12-32(35)31-21-17-27(37)23-33(31)38/h7,13-23,28,39H,4-6,8-12H2,1-3H3,(H,42,43)/b13-7+/t28-/m1/s1. The Morgan fingerprint density at radius 2 is 1.72 bits per heavy atom. The molecule has 0 fully saturated rings. The SMILES string of the molecule is CCC[C@H](CCC/C=C/C(=O)N(C)C)Nc1ccc(C2=C(c3ccc(Cl)cc3Cl)CCCc3cc(C(=O)O)ccc32)cc1. The third-order valence-electron chi connectivity index (χ3n) is 7.86. The first-order chi connectivity index (χ1) is 20.7. The van der Waals surface area contributed by atoms with Crippen molar-refractivity contribution in [2.24, 2.45) is 0 Å². The largest absolute Gasteiger partial charge is 0.478 e. The lowest BCUT2D eigenvalue weighted by Crippen LogP contribution is -2.19. The fourth-order valence-corrected chi connectivity index (χ4v) is 6.20. The number of nitrogens with one attached hydrogen (secondary N) is 1. The van der Waals surface area contributed by atoms with Crippen molar-refractivity contribution in [3.05, 3.63) is 111 Å². The number of rotatable bonds is 12. The average molecular weight is 620 g/mol. The molecule has 0 radical (unpaired) electrons. The summed E-state index contributed by atoms with van der Waals surface area (Å²) in [5.74, 6) is -0.910. The van der Waals surface area contributed by atoms with Gasteiger partial charge in [-0.1, -0.05) is 66.9 Å². The molecule has 226 valence electrons. The van der Waals surface area contributed by atoms with Crippen molar-refractivity contribution in [1.82, 2.24) is 4.90 Å². The number of carbonyl (C=O) groups is 2. The molecule has 0 bridgehead atoms. The van der Waals surface area contributed by atoms with Crippen LogP contribution in [-0.2, 0) is 11.2 Å². The number of aryl methyl sites for hydroxylation is 1. The van der Waals surface area contributed by atoms with Crippen LogP contribution >= 0.6 is 23.2 Å². The highest BCUT2D eigenvalue weighted by Crippen LogP contribution is 2.42. The van der Waals surface area contributed by atoms with Crippen molar-refractivity contribution >= 4 is 51.9 Å². The summed E-state index contributed by atoms with van der Waals surface area (Å²) >= 11 is 13.0. The molecule has 3 aromatic carbocycles. The number of hydrogen-bond donors (Lipinski definition) is 2. The van der Waals surface area contributed by atoms with Gasteiger partial charge in [-0.15, -0.1) is 0 Å². The molecule has 3 aromatic rings. The molecule has 1 aliphatic rings. The van der Waals surface area contributed by atoms with Gasteiger partial charge in [0.25, 0.3) is 0 Å². The smallest absolute Gasteiger partial charge is 0.335 e. The highest BCUT2D eigenvalue weighted by Gasteiger charge is 2.23. The highest BCUT2D eigenvalue weighted by molar-refractivity contribution is 6.36. The lowest BCUT2D eigenvalue weighted by atomic mass is 9.87. The summed E-state index contributed by atoms with van der Waals surface area (Å²) in [4.78, 5) is 25.1. The lowest BCUT2D eigenvalue weighted by Gasteiger charge is -2.21. The van der Waals surface area contributed by atoms with Gasteiger partial charge < -0.3 is 15.3 Å². The Kier molecular flexibility index (Phi) is 11.5. The number of carboxylic acids is 1. The minimum absolute atomic E-state index is 0.0125. The van der Waals surface area contributed by atoms with Gasteiger partial charge in [-0.3, -0.25) is 4.79 Å². The number of halogens is 2. The average Bonchev–Trinajstić information content (AvgIpc) is 3.16. The van der Waals surface area contributed by atoms with E-state index in [4.69, 9.17) is 23.2 Å². The topological polar surface area (TPSA) is 69.6 Å². The summed E-state index contributed by atoms with van der Waals surface area (Å²) in [6.45, 7) is 2.20. The Morgan fingerprint density at radius 3 is 2.40 bits per heavy atom. The maximum Gasteiger partial charge on any atom is 0.335 e. The Balaban J connectivity index is 1.63. The number of fused-ring (bicyclic) bond motifs is 1. The zero-order chi connectivity index (χ0) is 30.9. The van der Waals surface area contributed by atoms with E-state index >= 15 is 0 Å². The van der Waals surface area contributed by atoms with E-state index in [9.17, 15) is 14.7 Å². The van der Waals surface area contributed by atoms with Gasteiger partial charge in [0.05, 0.1) is 5.56 Å². The molecule has 5 nitrogen and oxygen atoms in total. The van der Waals surface area contributed by atoms with E-state index in [1.807, 2.05) is 24.3 Å². The molecule has 0 unspecified atom stereocenters. The fraction of sp³-hybridized carbons (Fsp3) is 0.333. The molecule has 0 aliphatic heterocycles. The zero-order valence-corrected chi connectivity index (χ0v) is 26.6. The minimum atomic E-state index is -0.923. The van der Waals surface area contributed by atoms with Crippen molar-refractivity contribution in [3.63, 3.8) is 0 Å². The number of anilines is 1. The van der Waals surface area contributed by atoms with Gasteiger partial charge in [0.15, 0.2) is 0 Å². The summed E-state index contributed by atoms with van der Waals surface area (Å²) < 4.78 is 0. The van der Waals surface area contributed by atoms with Crippen molar-refractivity contribution < 1.29 is 14.7 Å². The maximum atomic E-state index is 11.8. The first kappa shape index (κ1) is 32.4. The Labute approximate surface area is 265 Å². The van der Waals surface area contributed by atoms with Gasteiger partial charge in [0.2, 0.25) is 5.91 Å². The van der Waals surface area contributed by atoms with Crippen LogP contribution in [0.4, 0.5) is 5.69 Å². The van der Waals surface area contributed by atoms with Crippen LogP contribution in [0.15, 0.2) is 72.8 Å². The number of benzene rings is 3. The van der Waals surface area contributed by atoms with E-state index in [1.165, 1.54) is 0 Å². The number of unbranched alkanes of at least 4 members (excludes halogenated alkanes) is 1. The van der Waals surface area contributed by atoms with E-state index < -0.39 is 5.97 Å². The first-order valence-corrected chi connectivity index (χ1v) is 15.7. The van der Waals surface area contributed by atoms with Gasteiger partial charge in [-0.25, -0.2) is 4.79 Å². The maximum absolute atomic E-state index is 11.8. The van der Waals surface area contributed by atoms with E-state index in [1.54, 1.807) is 43.3 Å². The van der Waals surface area contributed by atoms with Crippen LogP contribution in [-0.4, -0.2) is 42.0 Å². The Morgan fingerprint density at radius 1 is 0.977 bits per heavy atom. The molecule has 7 heteroatoms. The third kappa shape index (κ3) is 8.52. The Bertz CT molecular complexity index is 1510. The van der Waals surface area contributed by atoms with Crippen LogP contribution in [0.3, 0.4) is 0 Å². The van der Waals surface area contributed by atoms with E-state index in [2.05, 4.69) is 36.5 Å². The second kappa shape index (κ2) is 15.3. The molecule has 2 N–H and O–H groups in total. The monoisotopic (exact) mass is 618 g/mol. The van der Waals surface area contributed by atoms with Crippen molar-refractivity contribution in [2.75, 3.05) is 19.4 Å². The summed E-state index contributed by atoms with van der Waals surface area (Å²) in [6, 6.07) is 19.9. The predicted molar refractivity (Wildman–Crippen MR) is 179 cm³/mol. The lowest BCUT2D eigenvalue weighted by molar-refractivity contribution is -0.123. The molecule has 0 aromatic heterocycles. The summed E-state index contributed by atoms with van der Waals surface area (Å²) in [6.07, 6.45) is 11.1. The van der Waals surface area contributed by atoms with Crippen LogP contribution in [0.1, 0.15) is 84.5 Å². The van der Waals surface area contributed by atoms with Gasteiger partial charge in [-0.05, 0) is 121 Å². The summed E-state index contributed by atoms with van der Waals surface area (Å²) in [5, 5.41) is 14.5. The number of allylic oxidation sites excluding steroid dienone is 2. The molecule has 0 heterocycles. The third-order valence-corrected chi connectivity index (χ3v) is 8.41. The van der Waals surface area contributed by atoms with Gasteiger partial charge >= 0.3 is 5.97 Å². The molecular formula is C36H40Cl2N2O3. The minimum Gasteiger partial charge on any atom is -0.478 e. The van der Waals surface area contributed by atoms with Crippen LogP contribution in [0.2, 0.25) is 10.0 Å². The molecule has 0 saturated carbocycles. The predicted octanol–water partition coefficient (Wildman–Crippen LogP) is 9.38. The molecule has 0 spiro atoms. The summed E-state index contributed by atoms with van der Waals surface area (Å²) in [7, 11) is 3.51. The van der Waals surface area contributed by atoms with Crippen molar-refractivity contribution in [3.8, 4) is 0 Å². The number of likely N-dealkylation sites (N-methyl/N-ethyl adjacent to an activating group) is 1. The molecule has 43 heavy (non-hydrogen) atoms.